The molecule has 4 heteroatoms. The minimum atomic E-state index is -0.0627. The van der Waals surface area contributed by atoms with Crippen LogP contribution in [0.3, 0.4) is 0 Å². The molecule has 0 fully saturated rings. The van der Waals surface area contributed by atoms with E-state index in [9.17, 15) is 4.79 Å². The van der Waals surface area contributed by atoms with Crippen molar-refractivity contribution in [1.29, 1.82) is 0 Å². The summed E-state index contributed by atoms with van der Waals surface area (Å²) in [6, 6.07) is 9.91. The van der Waals surface area contributed by atoms with E-state index in [0.717, 1.165) is 15.9 Å². The largest absolute Gasteiger partial charge is 0.322 e. The minimum Gasteiger partial charge on any atom is -0.322 e. The number of nitrogens with one attached hydrogen (secondary N) is 1. The van der Waals surface area contributed by atoms with E-state index in [0.29, 0.717) is 17.4 Å². The number of para-hydroxylation sites is 1. The number of rotatable bonds is 5. The zero-order chi connectivity index (χ0) is 15.4. The van der Waals surface area contributed by atoms with Gasteiger partial charge in [0.2, 0.25) is 0 Å². The summed E-state index contributed by atoms with van der Waals surface area (Å²) in [5.41, 5.74) is 2.80. The molecule has 0 aliphatic carbocycles. The molecule has 0 aliphatic heterocycles. The molecule has 1 heterocycles. The predicted octanol–water partition coefficient (Wildman–Crippen LogP) is 5.91. The summed E-state index contributed by atoms with van der Waals surface area (Å²) in [6.45, 7) is 6.66. The lowest BCUT2D eigenvalue weighted by molar-refractivity contribution is 0.102. The maximum atomic E-state index is 12.4. The summed E-state index contributed by atoms with van der Waals surface area (Å²) in [5, 5.41) is 4.95. The Hall–Kier alpha value is -1.13. The molecule has 1 atom stereocenters. The van der Waals surface area contributed by atoms with E-state index >= 15 is 0 Å². The van der Waals surface area contributed by atoms with Gasteiger partial charge in [0.1, 0.15) is 0 Å². The van der Waals surface area contributed by atoms with Crippen LogP contribution in [0.2, 0.25) is 0 Å². The maximum Gasteiger partial charge on any atom is 0.257 e. The van der Waals surface area contributed by atoms with Gasteiger partial charge >= 0.3 is 0 Å². The third-order valence-corrected chi connectivity index (χ3v) is 5.11. The average molecular weight is 366 g/mol. The number of anilines is 1. The van der Waals surface area contributed by atoms with Crippen LogP contribution in [0.4, 0.5) is 5.69 Å². The molecule has 0 radical (unpaired) electrons. The standard InChI is InChI=1S/C17H20BrNOS/c1-11(2)10-12(3)13-6-4-5-7-15(13)19-17(20)14-8-9-21-16(14)18/h4-9,11-12H,10H2,1-3H3,(H,19,20). The lowest BCUT2D eigenvalue weighted by Gasteiger charge is -2.18. The van der Waals surface area contributed by atoms with Crippen molar-refractivity contribution in [3.63, 3.8) is 0 Å². The summed E-state index contributed by atoms with van der Waals surface area (Å²) in [5.74, 6) is 0.995. The fraction of sp³-hybridized carbons (Fsp3) is 0.353. The number of amides is 1. The molecule has 1 amide bonds. The topological polar surface area (TPSA) is 29.1 Å². The molecular weight excluding hydrogens is 346 g/mol. The van der Waals surface area contributed by atoms with Gasteiger partial charge in [0.15, 0.2) is 0 Å². The second-order valence-electron chi connectivity index (χ2n) is 5.68. The van der Waals surface area contributed by atoms with Crippen LogP contribution < -0.4 is 5.32 Å². The zero-order valence-corrected chi connectivity index (χ0v) is 14.9. The molecule has 0 spiro atoms. The summed E-state index contributed by atoms with van der Waals surface area (Å²) >= 11 is 4.94. The van der Waals surface area contributed by atoms with Crippen LogP contribution in [-0.2, 0) is 0 Å². The van der Waals surface area contributed by atoms with Crippen molar-refractivity contribution in [2.75, 3.05) is 5.32 Å². The molecule has 0 aliphatic rings. The van der Waals surface area contributed by atoms with Crippen LogP contribution in [0, 0.1) is 5.92 Å². The predicted molar refractivity (Wildman–Crippen MR) is 94.3 cm³/mol. The highest BCUT2D eigenvalue weighted by Crippen LogP contribution is 2.30. The Bertz CT molecular complexity index is 621. The maximum absolute atomic E-state index is 12.4. The van der Waals surface area contributed by atoms with Gasteiger partial charge in [0.25, 0.3) is 5.91 Å². The first-order valence-electron chi connectivity index (χ1n) is 7.12. The number of thiophene rings is 1. The van der Waals surface area contributed by atoms with Gasteiger partial charge in [-0.15, -0.1) is 11.3 Å². The van der Waals surface area contributed by atoms with Crippen LogP contribution in [0.1, 0.15) is 49.0 Å². The van der Waals surface area contributed by atoms with Gasteiger partial charge in [-0.25, -0.2) is 0 Å². The average Bonchev–Trinajstić information content (AvgIpc) is 2.84. The third-order valence-electron chi connectivity index (χ3n) is 3.43. The van der Waals surface area contributed by atoms with Gasteiger partial charge in [-0.1, -0.05) is 39.0 Å². The van der Waals surface area contributed by atoms with Gasteiger partial charge in [-0.3, -0.25) is 4.79 Å². The van der Waals surface area contributed by atoms with Crippen molar-refractivity contribution in [1.82, 2.24) is 0 Å². The van der Waals surface area contributed by atoms with E-state index in [2.05, 4.69) is 48.1 Å². The smallest absolute Gasteiger partial charge is 0.257 e. The Morgan fingerprint density at radius 3 is 2.57 bits per heavy atom. The summed E-state index contributed by atoms with van der Waals surface area (Å²) in [4.78, 5) is 12.4. The Morgan fingerprint density at radius 1 is 1.24 bits per heavy atom. The molecule has 1 aromatic carbocycles. The van der Waals surface area contributed by atoms with E-state index < -0.39 is 0 Å². The first-order chi connectivity index (χ1) is 9.99. The molecule has 21 heavy (non-hydrogen) atoms. The molecule has 2 rings (SSSR count). The van der Waals surface area contributed by atoms with Gasteiger partial charge in [0.05, 0.1) is 9.35 Å². The summed E-state index contributed by atoms with van der Waals surface area (Å²) < 4.78 is 0.868. The Kier molecular flexibility index (Phi) is 5.59. The lowest BCUT2D eigenvalue weighted by atomic mass is 9.91. The Labute approximate surface area is 138 Å². The Morgan fingerprint density at radius 2 is 1.95 bits per heavy atom. The molecule has 112 valence electrons. The number of carbonyl (C=O) groups is 1. The molecular formula is C17H20BrNOS. The quantitative estimate of drug-likeness (QED) is 0.700. The van der Waals surface area contributed by atoms with Crippen LogP contribution in [0.25, 0.3) is 0 Å². The van der Waals surface area contributed by atoms with Gasteiger partial charge in [-0.05, 0) is 57.3 Å². The third kappa shape index (κ3) is 4.17. The second kappa shape index (κ2) is 7.23. The Balaban J connectivity index is 2.21. The van der Waals surface area contributed by atoms with Gasteiger partial charge in [0, 0.05) is 5.69 Å². The summed E-state index contributed by atoms with van der Waals surface area (Å²) in [6.07, 6.45) is 1.11. The molecule has 0 saturated carbocycles. The zero-order valence-electron chi connectivity index (χ0n) is 12.5. The number of hydrogen-bond donors (Lipinski definition) is 1. The highest BCUT2D eigenvalue weighted by molar-refractivity contribution is 9.11. The van der Waals surface area contributed by atoms with Crippen LogP contribution in [-0.4, -0.2) is 5.91 Å². The monoisotopic (exact) mass is 365 g/mol. The molecule has 1 aromatic heterocycles. The number of benzene rings is 1. The molecule has 1 N–H and O–H groups in total. The number of halogens is 1. The van der Waals surface area contributed by atoms with Crippen molar-refractivity contribution in [2.45, 2.75) is 33.1 Å². The number of hydrogen-bond acceptors (Lipinski definition) is 2. The SMILES string of the molecule is CC(C)CC(C)c1ccccc1NC(=O)c1ccsc1Br. The highest BCUT2D eigenvalue weighted by Gasteiger charge is 2.16. The van der Waals surface area contributed by atoms with E-state index in [1.54, 1.807) is 0 Å². The van der Waals surface area contributed by atoms with Gasteiger partial charge < -0.3 is 5.32 Å². The van der Waals surface area contributed by atoms with Crippen molar-refractivity contribution in [3.8, 4) is 0 Å². The molecule has 0 bridgehead atoms. The van der Waals surface area contributed by atoms with Crippen molar-refractivity contribution < 1.29 is 4.79 Å². The van der Waals surface area contributed by atoms with Crippen molar-refractivity contribution >= 4 is 38.9 Å². The van der Waals surface area contributed by atoms with E-state index in [1.165, 1.54) is 16.9 Å². The van der Waals surface area contributed by atoms with Crippen molar-refractivity contribution in [2.24, 2.45) is 5.92 Å². The van der Waals surface area contributed by atoms with Crippen LogP contribution in [0.5, 0.6) is 0 Å². The van der Waals surface area contributed by atoms with E-state index in [4.69, 9.17) is 0 Å². The first-order valence-corrected chi connectivity index (χ1v) is 8.79. The van der Waals surface area contributed by atoms with E-state index in [-0.39, 0.29) is 5.91 Å². The van der Waals surface area contributed by atoms with Gasteiger partial charge in [-0.2, -0.15) is 0 Å². The molecule has 2 aromatic rings. The fourth-order valence-electron chi connectivity index (χ4n) is 2.52. The molecule has 0 saturated heterocycles. The minimum absolute atomic E-state index is 0.0627. The number of carbonyl (C=O) groups excluding carboxylic acids is 1. The van der Waals surface area contributed by atoms with Crippen LogP contribution in [0.15, 0.2) is 39.5 Å². The molecule has 2 nitrogen and oxygen atoms in total. The fourth-order valence-corrected chi connectivity index (χ4v) is 3.77. The molecule has 1 unspecified atom stereocenters. The van der Waals surface area contributed by atoms with Crippen molar-refractivity contribution in [3.05, 3.63) is 50.6 Å². The normalized spacial score (nSPS) is 12.4. The highest BCUT2D eigenvalue weighted by atomic mass is 79.9. The van der Waals surface area contributed by atoms with E-state index in [1.807, 2.05) is 29.6 Å². The lowest BCUT2D eigenvalue weighted by Crippen LogP contribution is -2.14. The second-order valence-corrected chi connectivity index (χ2v) is 7.91. The first kappa shape index (κ1) is 16.2. The summed E-state index contributed by atoms with van der Waals surface area (Å²) in [7, 11) is 0. The van der Waals surface area contributed by atoms with Crippen LogP contribution >= 0.6 is 27.3 Å².